The minimum absolute atomic E-state index is 0.0177. The van der Waals surface area contributed by atoms with Gasteiger partial charge in [-0.1, -0.05) is 24.6 Å². The second kappa shape index (κ2) is 11.3. The molecule has 34 heavy (non-hydrogen) atoms. The Balaban J connectivity index is 1.80. The summed E-state index contributed by atoms with van der Waals surface area (Å²) in [5.74, 6) is -2.09. The van der Waals surface area contributed by atoms with Gasteiger partial charge in [0.05, 0.1) is 16.8 Å². The van der Waals surface area contributed by atoms with Crippen molar-refractivity contribution < 1.29 is 31.8 Å². The molecular formula is C25H31F2NO5S. The average Bonchev–Trinajstić information content (AvgIpc) is 2.81. The maximum Gasteiger partial charge on any atom is 0.409 e. The molecule has 1 N–H and O–H groups in total. The number of likely N-dealkylation sites (tertiary alicyclic amines) is 1. The van der Waals surface area contributed by atoms with Crippen LogP contribution < -0.4 is 0 Å². The Morgan fingerprint density at radius 1 is 1.15 bits per heavy atom. The maximum atomic E-state index is 14.7. The van der Waals surface area contributed by atoms with E-state index in [2.05, 4.69) is 0 Å². The zero-order valence-corrected chi connectivity index (χ0v) is 20.2. The largest absolute Gasteiger partial charge is 0.449 e. The lowest BCUT2D eigenvalue weighted by atomic mass is 9.94. The van der Waals surface area contributed by atoms with Gasteiger partial charge in [-0.2, -0.15) is 0 Å². The molecule has 1 fully saturated rings. The minimum Gasteiger partial charge on any atom is -0.449 e. The molecule has 0 unspecified atom stereocenters. The lowest BCUT2D eigenvalue weighted by molar-refractivity contribution is 0.0739. The molecule has 0 aliphatic carbocycles. The molecule has 2 aromatic rings. The number of ether oxygens (including phenoxy) is 1. The van der Waals surface area contributed by atoms with Gasteiger partial charge in [0.1, 0.15) is 11.6 Å². The van der Waals surface area contributed by atoms with Crippen LogP contribution >= 0.6 is 0 Å². The maximum absolute atomic E-state index is 14.7. The molecule has 1 amide bonds. The summed E-state index contributed by atoms with van der Waals surface area (Å²) < 4.78 is 61.2. The van der Waals surface area contributed by atoms with Gasteiger partial charge in [-0.05, 0) is 62.4 Å². The Bertz CT molecular complexity index is 1080. The topological polar surface area (TPSA) is 83.9 Å². The van der Waals surface area contributed by atoms with Gasteiger partial charge >= 0.3 is 6.09 Å². The highest BCUT2D eigenvalue weighted by atomic mass is 32.2. The van der Waals surface area contributed by atoms with Crippen molar-refractivity contribution in [2.45, 2.75) is 43.3 Å². The van der Waals surface area contributed by atoms with E-state index < -0.39 is 38.7 Å². The zero-order valence-electron chi connectivity index (χ0n) is 19.4. The van der Waals surface area contributed by atoms with Crippen LogP contribution in [0.1, 0.15) is 42.6 Å². The fraction of sp³-hybridized carbons (Fsp3) is 0.480. The number of aliphatic hydroxyl groups excluding tert-OH is 1. The van der Waals surface area contributed by atoms with Crippen LogP contribution in [0, 0.1) is 30.4 Å². The van der Waals surface area contributed by atoms with Crippen molar-refractivity contribution in [2.75, 3.05) is 26.3 Å². The lowest BCUT2D eigenvalue weighted by Gasteiger charge is -2.32. The van der Waals surface area contributed by atoms with E-state index in [1.54, 1.807) is 24.0 Å². The van der Waals surface area contributed by atoms with Crippen molar-refractivity contribution >= 4 is 15.9 Å². The molecule has 0 bridgehead atoms. The number of halogens is 2. The zero-order chi connectivity index (χ0) is 24.9. The number of nitrogens with zero attached hydrogens (tertiary/aromatic N) is 1. The van der Waals surface area contributed by atoms with Crippen LogP contribution in [0.15, 0.2) is 47.4 Å². The summed E-state index contributed by atoms with van der Waals surface area (Å²) in [6.45, 7) is 4.17. The molecule has 0 aromatic heterocycles. The predicted molar refractivity (Wildman–Crippen MR) is 124 cm³/mol. The van der Waals surface area contributed by atoms with Crippen molar-refractivity contribution in [3.63, 3.8) is 0 Å². The van der Waals surface area contributed by atoms with E-state index in [9.17, 15) is 22.0 Å². The first-order valence-corrected chi connectivity index (χ1v) is 13.0. The third kappa shape index (κ3) is 6.13. The monoisotopic (exact) mass is 495 g/mol. The summed E-state index contributed by atoms with van der Waals surface area (Å²) in [6.07, 6.45) is 1.63. The highest BCUT2D eigenvalue weighted by molar-refractivity contribution is 7.91. The Hall–Kier alpha value is -2.52. The van der Waals surface area contributed by atoms with Crippen molar-refractivity contribution in [3.05, 3.63) is 65.2 Å². The molecule has 2 atom stereocenters. The summed E-state index contributed by atoms with van der Waals surface area (Å²) in [6, 6.07) is 8.86. The van der Waals surface area contributed by atoms with E-state index in [4.69, 9.17) is 9.84 Å². The summed E-state index contributed by atoms with van der Waals surface area (Å²) in [4.78, 5) is 14.1. The quantitative estimate of drug-likeness (QED) is 0.576. The predicted octanol–water partition coefficient (Wildman–Crippen LogP) is 4.66. The number of amides is 1. The van der Waals surface area contributed by atoms with Gasteiger partial charge in [-0.25, -0.2) is 22.0 Å². The Kier molecular flexibility index (Phi) is 8.65. The van der Waals surface area contributed by atoms with Crippen LogP contribution in [0.25, 0.3) is 0 Å². The van der Waals surface area contributed by atoms with Gasteiger partial charge in [0.15, 0.2) is 9.84 Å². The standard InChI is InChI=1S/C25H31F2NO5S/c1-17-3-6-21(7-4-17)34(31,32)24(22-15-20(26)5-8-23(22)27)18(2)16-33-25(30)28-12-9-19(10-13-28)11-14-29/h3-8,15,18-19,24,29H,9-14,16H2,1-2H3/t18-,24+/m1/s1. The van der Waals surface area contributed by atoms with E-state index in [0.29, 0.717) is 25.4 Å². The Morgan fingerprint density at radius 2 is 1.79 bits per heavy atom. The van der Waals surface area contributed by atoms with Crippen molar-refractivity contribution in [2.24, 2.45) is 11.8 Å². The van der Waals surface area contributed by atoms with Crippen molar-refractivity contribution in [1.29, 1.82) is 0 Å². The fourth-order valence-corrected chi connectivity index (χ4v) is 6.37. The first-order chi connectivity index (χ1) is 16.1. The summed E-state index contributed by atoms with van der Waals surface area (Å²) in [5.41, 5.74) is 0.561. The number of hydrogen-bond acceptors (Lipinski definition) is 5. The third-order valence-corrected chi connectivity index (χ3v) is 8.66. The molecular weight excluding hydrogens is 464 g/mol. The van der Waals surface area contributed by atoms with E-state index in [-0.39, 0.29) is 23.7 Å². The van der Waals surface area contributed by atoms with Crippen molar-refractivity contribution in [3.8, 4) is 0 Å². The number of benzene rings is 2. The molecule has 6 nitrogen and oxygen atoms in total. The molecule has 2 aromatic carbocycles. The number of rotatable bonds is 8. The molecule has 1 aliphatic heterocycles. The fourth-order valence-electron chi connectivity index (χ4n) is 4.35. The van der Waals surface area contributed by atoms with E-state index in [1.165, 1.54) is 12.1 Å². The number of aryl methyl sites for hydroxylation is 1. The van der Waals surface area contributed by atoms with Gasteiger partial charge in [-0.3, -0.25) is 0 Å². The SMILES string of the molecule is Cc1ccc(S(=O)(=O)[C@H](c2cc(F)ccc2F)[C@H](C)COC(=O)N2CCC(CCO)CC2)cc1. The van der Waals surface area contributed by atoms with Crippen LogP contribution in [-0.2, 0) is 14.6 Å². The van der Waals surface area contributed by atoms with Crippen LogP contribution in [0.3, 0.4) is 0 Å². The van der Waals surface area contributed by atoms with Gasteiger partial charge in [0, 0.05) is 31.2 Å². The van der Waals surface area contributed by atoms with E-state index in [0.717, 1.165) is 36.6 Å². The molecule has 0 spiro atoms. The van der Waals surface area contributed by atoms with Gasteiger partial charge < -0.3 is 14.7 Å². The molecule has 1 heterocycles. The Labute approximate surface area is 199 Å². The van der Waals surface area contributed by atoms with Gasteiger partial charge in [0.25, 0.3) is 0 Å². The van der Waals surface area contributed by atoms with E-state index in [1.807, 2.05) is 6.92 Å². The third-order valence-electron chi connectivity index (χ3n) is 6.34. The average molecular weight is 496 g/mol. The van der Waals surface area contributed by atoms with Crippen LogP contribution in [-0.4, -0.2) is 50.8 Å². The number of carbonyl (C=O) groups is 1. The smallest absolute Gasteiger partial charge is 0.409 e. The summed E-state index contributed by atoms with van der Waals surface area (Å²) in [5, 5.41) is 7.63. The highest BCUT2D eigenvalue weighted by Gasteiger charge is 2.37. The lowest BCUT2D eigenvalue weighted by Crippen LogP contribution is -2.39. The second-order valence-electron chi connectivity index (χ2n) is 8.94. The minimum atomic E-state index is -4.13. The molecule has 9 heteroatoms. The van der Waals surface area contributed by atoms with Gasteiger partial charge in [-0.15, -0.1) is 0 Å². The summed E-state index contributed by atoms with van der Waals surface area (Å²) in [7, 11) is -4.13. The molecule has 1 saturated heterocycles. The number of aliphatic hydroxyl groups is 1. The van der Waals surface area contributed by atoms with E-state index >= 15 is 0 Å². The van der Waals surface area contributed by atoms with Crippen LogP contribution in [0.4, 0.5) is 13.6 Å². The summed E-state index contributed by atoms with van der Waals surface area (Å²) >= 11 is 0. The van der Waals surface area contributed by atoms with Crippen molar-refractivity contribution in [1.82, 2.24) is 4.90 Å². The molecule has 0 radical (unpaired) electrons. The number of carbonyl (C=O) groups excluding carboxylic acids is 1. The number of sulfone groups is 1. The highest BCUT2D eigenvalue weighted by Crippen LogP contribution is 2.37. The van der Waals surface area contributed by atoms with Gasteiger partial charge in [0.2, 0.25) is 0 Å². The molecule has 186 valence electrons. The number of hydrogen-bond donors (Lipinski definition) is 1. The second-order valence-corrected chi connectivity index (χ2v) is 11.0. The van der Waals surface area contributed by atoms with Crippen LogP contribution in [0.2, 0.25) is 0 Å². The Morgan fingerprint density at radius 3 is 2.41 bits per heavy atom. The molecule has 3 rings (SSSR count). The van der Waals surface area contributed by atoms with Crippen LogP contribution in [0.5, 0.6) is 0 Å². The molecule has 1 aliphatic rings. The number of piperidine rings is 1. The molecule has 0 saturated carbocycles. The first-order valence-electron chi connectivity index (χ1n) is 11.4. The normalized spacial score (nSPS) is 16.8. The first kappa shape index (κ1) is 26.1.